The number of rotatable bonds is 1. The van der Waals surface area contributed by atoms with Crippen molar-refractivity contribution in [3.63, 3.8) is 0 Å². The molecule has 3 aliphatic carbocycles. The summed E-state index contributed by atoms with van der Waals surface area (Å²) in [5.41, 5.74) is 0.802. The smallest absolute Gasteiger partial charge is 0.169 e. The predicted molar refractivity (Wildman–Crippen MR) is 55.0 cm³/mol. The molecule has 2 bridgehead atoms. The van der Waals surface area contributed by atoms with Crippen LogP contribution in [0.1, 0.15) is 33.6 Å². The molecule has 0 aromatic heterocycles. The van der Waals surface area contributed by atoms with Crippen molar-refractivity contribution >= 4 is 5.78 Å². The Balaban J connectivity index is 2.53. The van der Waals surface area contributed by atoms with Gasteiger partial charge in [0, 0.05) is 13.5 Å². The number of allylic oxidation sites excluding steroid dienone is 1. The van der Waals surface area contributed by atoms with Gasteiger partial charge < -0.3 is 4.74 Å². The van der Waals surface area contributed by atoms with E-state index in [1.807, 2.05) is 6.08 Å². The van der Waals surface area contributed by atoms with Gasteiger partial charge in [-0.3, -0.25) is 4.79 Å². The summed E-state index contributed by atoms with van der Waals surface area (Å²) in [6.45, 7) is 6.53. The summed E-state index contributed by atoms with van der Waals surface area (Å²) in [6, 6.07) is 0. The maximum Gasteiger partial charge on any atom is 0.169 e. The third-order valence-corrected chi connectivity index (χ3v) is 4.41. The molecule has 3 rings (SSSR count). The summed E-state index contributed by atoms with van der Waals surface area (Å²) in [4.78, 5) is 11.9. The first-order valence-corrected chi connectivity index (χ1v) is 5.23. The Kier molecular flexibility index (Phi) is 1.91. The Morgan fingerprint density at radius 1 is 1.57 bits per heavy atom. The van der Waals surface area contributed by atoms with E-state index in [-0.39, 0.29) is 11.2 Å². The van der Waals surface area contributed by atoms with Crippen LogP contribution in [0.2, 0.25) is 0 Å². The van der Waals surface area contributed by atoms with Gasteiger partial charge in [0.05, 0.1) is 0 Å². The summed E-state index contributed by atoms with van der Waals surface area (Å²) in [5, 5.41) is 0. The molecule has 0 N–H and O–H groups in total. The molecule has 0 heterocycles. The van der Waals surface area contributed by atoms with Crippen LogP contribution in [0.5, 0.6) is 0 Å². The van der Waals surface area contributed by atoms with Crippen molar-refractivity contribution in [2.45, 2.75) is 39.2 Å². The maximum atomic E-state index is 11.9. The Labute approximate surface area is 85.3 Å². The van der Waals surface area contributed by atoms with Gasteiger partial charge in [-0.15, -0.1) is 0 Å². The maximum absolute atomic E-state index is 11.9. The quantitative estimate of drug-likeness (QED) is 0.599. The van der Waals surface area contributed by atoms with Gasteiger partial charge in [-0.05, 0) is 30.8 Å². The van der Waals surface area contributed by atoms with E-state index in [1.165, 1.54) is 5.57 Å². The highest BCUT2D eigenvalue weighted by molar-refractivity contribution is 5.93. The molecule has 3 atom stereocenters. The minimum absolute atomic E-state index is 0.0807. The molecular formula is C12H18O2. The van der Waals surface area contributed by atoms with Gasteiger partial charge in [-0.25, -0.2) is 0 Å². The first-order valence-electron chi connectivity index (χ1n) is 5.23. The van der Waals surface area contributed by atoms with Crippen molar-refractivity contribution in [2.24, 2.45) is 11.3 Å². The van der Waals surface area contributed by atoms with Crippen LogP contribution in [0.25, 0.3) is 0 Å². The molecule has 0 aromatic rings. The molecule has 14 heavy (non-hydrogen) atoms. The minimum Gasteiger partial charge on any atom is -0.366 e. The molecule has 0 radical (unpaired) electrons. The van der Waals surface area contributed by atoms with Crippen molar-refractivity contribution in [1.29, 1.82) is 0 Å². The van der Waals surface area contributed by atoms with Crippen molar-refractivity contribution in [3.8, 4) is 0 Å². The van der Waals surface area contributed by atoms with E-state index in [0.29, 0.717) is 12.3 Å². The van der Waals surface area contributed by atoms with Crippen LogP contribution in [0.15, 0.2) is 11.6 Å². The van der Waals surface area contributed by atoms with Crippen LogP contribution in [0.3, 0.4) is 0 Å². The molecule has 3 aliphatic rings. The average molecular weight is 194 g/mol. The first kappa shape index (κ1) is 9.91. The van der Waals surface area contributed by atoms with Crippen LogP contribution in [-0.4, -0.2) is 18.5 Å². The molecule has 2 nitrogen and oxygen atoms in total. The number of hydrogen-bond acceptors (Lipinski definition) is 2. The SMILES string of the molecule is CO[C@@]12C=C(C)[C@@](C)(CC1=O)[C@@H](C)C2. The van der Waals surface area contributed by atoms with Gasteiger partial charge >= 0.3 is 0 Å². The number of methoxy groups -OCH3 is 1. The van der Waals surface area contributed by atoms with Gasteiger partial charge in [0.2, 0.25) is 0 Å². The zero-order valence-electron chi connectivity index (χ0n) is 9.39. The van der Waals surface area contributed by atoms with E-state index in [4.69, 9.17) is 4.74 Å². The summed E-state index contributed by atoms with van der Waals surface area (Å²) in [5.74, 6) is 0.788. The summed E-state index contributed by atoms with van der Waals surface area (Å²) >= 11 is 0. The lowest BCUT2D eigenvalue weighted by atomic mass is 9.55. The Hall–Kier alpha value is -0.630. The number of carbonyl (C=O) groups excluding carboxylic acids is 1. The van der Waals surface area contributed by atoms with Crippen molar-refractivity contribution < 1.29 is 9.53 Å². The molecule has 1 saturated carbocycles. The van der Waals surface area contributed by atoms with E-state index in [9.17, 15) is 4.79 Å². The molecule has 1 fully saturated rings. The fourth-order valence-electron chi connectivity index (χ4n) is 2.89. The fourth-order valence-corrected chi connectivity index (χ4v) is 2.89. The normalized spacial score (nSPS) is 46.7. The van der Waals surface area contributed by atoms with Gasteiger partial charge in [-0.2, -0.15) is 0 Å². The van der Waals surface area contributed by atoms with Gasteiger partial charge in [0.25, 0.3) is 0 Å². The van der Waals surface area contributed by atoms with Gasteiger partial charge in [0.1, 0.15) is 5.60 Å². The molecule has 0 aromatic carbocycles. The van der Waals surface area contributed by atoms with E-state index in [0.717, 1.165) is 6.42 Å². The van der Waals surface area contributed by atoms with Gasteiger partial charge in [-0.1, -0.05) is 19.4 Å². The average Bonchev–Trinajstić information content (AvgIpc) is 2.12. The number of ether oxygens (including phenoxy) is 1. The molecular weight excluding hydrogens is 176 g/mol. The standard InChI is InChI=1S/C12H18O2/c1-8-5-12(14-4)6-9(2)11(8,3)7-10(12)13/h5,9H,6-7H2,1-4H3/t9-,11+,12+/m0/s1. The third kappa shape index (κ3) is 0.977. The van der Waals surface area contributed by atoms with Crippen molar-refractivity contribution in [3.05, 3.63) is 11.6 Å². The highest BCUT2D eigenvalue weighted by Crippen LogP contribution is 2.54. The number of hydrogen-bond donors (Lipinski definition) is 0. The Morgan fingerprint density at radius 3 is 2.71 bits per heavy atom. The van der Waals surface area contributed by atoms with E-state index < -0.39 is 5.60 Å². The predicted octanol–water partition coefficient (Wildman–Crippen LogP) is 2.34. The molecule has 0 amide bonds. The number of fused-ring (bicyclic) bond motifs is 2. The lowest BCUT2D eigenvalue weighted by Crippen LogP contribution is -2.55. The van der Waals surface area contributed by atoms with Crippen molar-refractivity contribution in [1.82, 2.24) is 0 Å². The highest BCUT2D eigenvalue weighted by atomic mass is 16.5. The summed E-state index contributed by atoms with van der Waals surface area (Å²) < 4.78 is 5.44. The van der Waals surface area contributed by atoms with E-state index in [2.05, 4.69) is 20.8 Å². The number of Topliss-reactive ketones (excluding diaryl/α,β-unsaturated/α-hetero) is 1. The van der Waals surface area contributed by atoms with Crippen LogP contribution >= 0.6 is 0 Å². The van der Waals surface area contributed by atoms with Crippen molar-refractivity contribution in [2.75, 3.05) is 7.11 Å². The molecule has 0 unspecified atom stereocenters. The van der Waals surface area contributed by atoms with E-state index >= 15 is 0 Å². The lowest BCUT2D eigenvalue weighted by molar-refractivity contribution is -0.149. The molecule has 0 spiro atoms. The first-order chi connectivity index (χ1) is 6.44. The monoisotopic (exact) mass is 194 g/mol. The second kappa shape index (κ2) is 2.69. The summed E-state index contributed by atoms with van der Waals surface area (Å²) in [6.07, 6.45) is 3.53. The van der Waals surface area contributed by atoms with Crippen LogP contribution in [-0.2, 0) is 9.53 Å². The minimum atomic E-state index is -0.596. The number of ketones is 1. The second-order valence-electron chi connectivity index (χ2n) is 5.04. The molecule has 0 aliphatic heterocycles. The third-order valence-electron chi connectivity index (χ3n) is 4.41. The zero-order chi connectivity index (χ0) is 10.6. The Bertz CT molecular complexity index is 318. The molecule has 78 valence electrons. The molecule has 0 saturated heterocycles. The van der Waals surface area contributed by atoms with Crippen LogP contribution < -0.4 is 0 Å². The zero-order valence-corrected chi connectivity index (χ0v) is 9.39. The topological polar surface area (TPSA) is 26.3 Å². The molecule has 2 heteroatoms. The van der Waals surface area contributed by atoms with Crippen LogP contribution in [0.4, 0.5) is 0 Å². The second-order valence-corrected chi connectivity index (χ2v) is 5.04. The highest BCUT2D eigenvalue weighted by Gasteiger charge is 2.55. The lowest BCUT2D eigenvalue weighted by Gasteiger charge is -2.52. The van der Waals surface area contributed by atoms with Gasteiger partial charge in [0.15, 0.2) is 5.78 Å². The Morgan fingerprint density at radius 2 is 2.21 bits per heavy atom. The van der Waals surface area contributed by atoms with E-state index in [1.54, 1.807) is 7.11 Å². The number of carbonyl (C=O) groups is 1. The summed E-state index contributed by atoms with van der Waals surface area (Å²) in [7, 11) is 1.64. The van der Waals surface area contributed by atoms with Crippen LogP contribution in [0, 0.1) is 11.3 Å². The fraction of sp³-hybridized carbons (Fsp3) is 0.750. The largest absolute Gasteiger partial charge is 0.366 e.